The molecule has 1 heterocycles. The van der Waals surface area contributed by atoms with Crippen molar-refractivity contribution in [1.29, 1.82) is 0 Å². The third-order valence-electron chi connectivity index (χ3n) is 4.25. The quantitative estimate of drug-likeness (QED) is 0.518. The monoisotopic (exact) mass is 330 g/mol. The number of fused-ring (bicyclic) bond motifs is 1. The predicted octanol–water partition coefficient (Wildman–Crippen LogP) is 5.45. The smallest absolute Gasteiger partial charge is 0.138 e. The number of unbranched alkanes of at least 4 members (excludes halogenated alkanes) is 8. The lowest BCUT2D eigenvalue weighted by molar-refractivity contribution is 0.260. The molecule has 1 N–H and O–H groups in total. The van der Waals surface area contributed by atoms with E-state index in [4.69, 9.17) is 14.6 Å². The summed E-state index contributed by atoms with van der Waals surface area (Å²) in [6, 6.07) is 7.91. The van der Waals surface area contributed by atoms with Crippen molar-refractivity contribution < 1.29 is 14.6 Å². The fourth-order valence-electron chi connectivity index (χ4n) is 2.91. The van der Waals surface area contributed by atoms with Gasteiger partial charge in [-0.25, -0.2) is 0 Å². The molecule has 0 fully saturated rings. The summed E-state index contributed by atoms with van der Waals surface area (Å²) < 4.78 is 11.6. The van der Waals surface area contributed by atoms with E-state index in [-0.39, 0.29) is 0 Å². The normalized spacial score (nSPS) is 13.2. The van der Waals surface area contributed by atoms with E-state index in [9.17, 15) is 0 Å². The van der Waals surface area contributed by atoms with E-state index < -0.39 is 0 Å². The van der Waals surface area contributed by atoms with Crippen LogP contribution < -0.4 is 4.74 Å². The first-order chi connectivity index (χ1) is 11.8. The predicted molar refractivity (Wildman–Crippen MR) is 98.8 cm³/mol. The Morgan fingerprint density at radius 3 is 2.21 bits per heavy atom. The van der Waals surface area contributed by atoms with Crippen molar-refractivity contribution in [3.63, 3.8) is 0 Å². The molecule has 0 radical (unpaired) electrons. The summed E-state index contributed by atoms with van der Waals surface area (Å²) in [5.41, 5.74) is 1.01. The van der Waals surface area contributed by atoms with Gasteiger partial charge in [0.1, 0.15) is 17.3 Å². The van der Waals surface area contributed by atoms with Crippen LogP contribution in [0.2, 0.25) is 0 Å². The minimum absolute atomic E-state index is 0.334. The summed E-state index contributed by atoms with van der Waals surface area (Å²) in [5.74, 6) is 2.32. The van der Waals surface area contributed by atoms with Crippen LogP contribution in [0.15, 0.2) is 42.7 Å². The molecule has 2 rings (SSSR count). The van der Waals surface area contributed by atoms with Crippen LogP contribution in [-0.4, -0.2) is 18.3 Å². The van der Waals surface area contributed by atoms with E-state index in [2.05, 4.69) is 6.58 Å². The van der Waals surface area contributed by atoms with E-state index in [0.717, 1.165) is 42.9 Å². The highest BCUT2D eigenvalue weighted by molar-refractivity contribution is 5.70. The maximum atomic E-state index is 8.72. The molecule has 1 aliphatic rings. The molecule has 132 valence electrons. The van der Waals surface area contributed by atoms with Crippen LogP contribution in [0.3, 0.4) is 0 Å². The van der Waals surface area contributed by atoms with Gasteiger partial charge in [0.15, 0.2) is 0 Å². The van der Waals surface area contributed by atoms with Gasteiger partial charge in [-0.15, -0.1) is 0 Å². The van der Waals surface area contributed by atoms with Crippen molar-refractivity contribution in [2.45, 2.75) is 57.8 Å². The van der Waals surface area contributed by atoms with E-state index in [1.807, 2.05) is 30.3 Å². The minimum Gasteiger partial charge on any atom is -0.493 e. The molecular formula is C21H30O3. The Bertz CT molecular complexity index is 534. The van der Waals surface area contributed by atoms with Crippen LogP contribution in [0.4, 0.5) is 0 Å². The first-order valence-electron chi connectivity index (χ1n) is 9.23. The molecule has 1 aromatic carbocycles. The summed E-state index contributed by atoms with van der Waals surface area (Å²) in [7, 11) is 0. The number of benzene rings is 1. The second-order valence-electron chi connectivity index (χ2n) is 6.33. The fraction of sp³-hybridized carbons (Fsp3) is 0.524. The van der Waals surface area contributed by atoms with Gasteiger partial charge in [-0.1, -0.05) is 63.7 Å². The topological polar surface area (TPSA) is 38.7 Å². The number of para-hydroxylation sites is 1. The van der Waals surface area contributed by atoms with Gasteiger partial charge in [-0.05, 0) is 25.0 Å². The molecule has 0 atom stereocenters. The second-order valence-corrected chi connectivity index (χ2v) is 6.33. The standard InChI is InChI=1S/C21H30O3/c1-18-17-21(19-13-9-10-14-20(19)24-18)23-16-12-8-6-4-2-3-5-7-11-15-22/h9-10,13-14,17,22H,1-8,11-12,15-16H2. The van der Waals surface area contributed by atoms with Gasteiger partial charge >= 0.3 is 0 Å². The summed E-state index contributed by atoms with van der Waals surface area (Å²) >= 11 is 0. The lowest BCUT2D eigenvalue weighted by Crippen LogP contribution is -2.05. The number of aliphatic hydroxyl groups is 1. The number of hydrogen-bond acceptors (Lipinski definition) is 3. The first kappa shape index (κ1) is 18.6. The van der Waals surface area contributed by atoms with Crippen LogP contribution >= 0.6 is 0 Å². The zero-order chi connectivity index (χ0) is 17.0. The minimum atomic E-state index is 0.334. The van der Waals surface area contributed by atoms with Gasteiger partial charge in [0.2, 0.25) is 0 Å². The molecule has 0 saturated carbocycles. The number of rotatable bonds is 12. The van der Waals surface area contributed by atoms with Crippen LogP contribution in [0.5, 0.6) is 5.75 Å². The van der Waals surface area contributed by atoms with Crippen LogP contribution in [0.25, 0.3) is 5.76 Å². The Kier molecular flexibility index (Phi) is 8.47. The lowest BCUT2D eigenvalue weighted by Gasteiger charge is -2.20. The van der Waals surface area contributed by atoms with Gasteiger partial charge in [0.05, 0.1) is 12.2 Å². The van der Waals surface area contributed by atoms with E-state index in [1.165, 1.54) is 38.5 Å². The molecule has 3 nitrogen and oxygen atoms in total. The van der Waals surface area contributed by atoms with E-state index in [1.54, 1.807) is 0 Å². The summed E-state index contributed by atoms with van der Waals surface area (Å²) in [6.07, 6.45) is 12.7. The SMILES string of the molecule is C=C1C=C(OCCCCCCCCCCCO)c2ccccc2O1. The van der Waals surface area contributed by atoms with Crippen molar-refractivity contribution in [3.8, 4) is 5.75 Å². The fourth-order valence-corrected chi connectivity index (χ4v) is 2.91. The summed E-state index contributed by atoms with van der Waals surface area (Å²) in [4.78, 5) is 0. The van der Waals surface area contributed by atoms with E-state index in [0.29, 0.717) is 12.4 Å². The molecule has 0 saturated heterocycles. The highest BCUT2D eigenvalue weighted by Crippen LogP contribution is 2.33. The van der Waals surface area contributed by atoms with Gasteiger partial charge in [0.25, 0.3) is 0 Å². The third-order valence-corrected chi connectivity index (χ3v) is 4.25. The summed E-state index contributed by atoms with van der Waals surface area (Å²) in [5, 5.41) is 8.72. The zero-order valence-corrected chi connectivity index (χ0v) is 14.6. The van der Waals surface area contributed by atoms with Crippen molar-refractivity contribution >= 4 is 5.76 Å². The molecule has 0 bridgehead atoms. The van der Waals surface area contributed by atoms with Gasteiger partial charge in [-0.3, -0.25) is 0 Å². The largest absolute Gasteiger partial charge is 0.493 e. The Labute approximate surface area is 146 Å². The number of allylic oxidation sites excluding steroid dienone is 1. The molecule has 0 aliphatic carbocycles. The van der Waals surface area contributed by atoms with Crippen molar-refractivity contribution in [2.75, 3.05) is 13.2 Å². The molecule has 1 aromatic rings. The van der Waals surface area contributed by atoms with Crippen LogP contribution in [-0.2, 0) is 4.74 Å². The number of aliphatic hydroxyl groups excluding tert-OH is 1. The number of ether oxygens (including phenoxy) is 2. The Balaban J connectivity index is 1.56. The van der Waals surface area contributed by atoms with Crippen LogP contribution in [0.1, 0.15) is 63.4 Å². The zero-order valence-electron chi connectivity index (χ0n) is 14.6. The van der Waals surface area contributed by atoms with E-state index >= 15 is 0 Å². The van der Waals surface area contributed by atoms with Crippen molar-refractivity contribution in [1.82, 2.24) is 0 Å². The molecule has 0 spiro atoms. The Hall–Kier alpha value is -1.74. The Morgan fingerprint density at radius 2 is 1.50 bits per heavy atom. The molecule has 0 aromatic heterocycles. The second kappa shape index (κ2) is 10.9. The molecule has 0 unspecified atom stereocenters. The van der Waals surface area contributed by atoms with Crippen molar-refractivity contribution in [2.24, 2.45) is 0 Å². The van der Waals surface area contributed by atoms with Crippen molar-refractivity contribution in [3.05, 3.63) is 48.2 Å². The average Bonchev–Trinajstić information content (AvgIpc) is 2.59. The molecule has 24 heavy (non-hydrogen) atoms. The molecule has 1 aliphatic heterocycles. The van der Waals surface area contributed by atoms with Gasteiger partial charge < -0.3 is 14.6 Å². The maximum absolute atomic E-state index is 8.72. The van der Waals surface area contributed by atoms with Gasteiger partial charge in [-0.2, -0.15) is 0 Å². The number of hydrogen-bond donors (Lipinski definition) is 1. The first-order valence-corrected chi connectivity index (χ1v) is 9.23. The Morgan fingerprint density at radius 1 is 0.875 bits per heavy atom. The molecular weight excluding hydrogens is 300 g/mol. The maximum Gasteiger partial charge on any atom is 0.138 e. The highest BCUT2D eigenvalue weighted by Gasteiger charge is 2.16. The third kappa shape index (κ3) is 6.40. The average molecular weight is 330 g/mol. The lowest BCUT2D eigenvalue weighted by atomic mass is 10.1. The van der Waals surface area contributed by atoms with Gasteiger partial charge in [0, 0.05) is 12.7 Å². The molecule has 0 amide bonds. The van der Waals surface area contributed by atoms with Crippen LogP contribution in [0, 0.1) is 0 Å². The molecule has 3 heteroatoms. The summed E-state index contributed by atoms with van der Waals surface area (Å²) in [6.45, 7) is 4.95. The highest BCUT2D eigenvalue weighted by atomic mass is 16.5.